The van der Waals surface area contributed by atoms with Crippen LogP contribution in [0, 0.1) is 0 Å². The average molecular weight is 291 g/mol. The minimum atomic E-state index is 0.130. The molecule has 0 aliphatic carbocycles. The van der Waals surface area contributed by atoms with Gasteiger partial charge in [-0.05, 0) is 31.9 Å². The lowest BCUT2D eigenvalue weighted by Crippen LogP contribution is -2.43. The molecule has 2 rings (SSSR count). The van der Waals surface area contributed by atoms with E-state index in [1.165, 1.54) is 5.56 Å². The minimum absolute atomic E-state index is 0.130. The molecular formula is C16H25N3O2. The lowest BCUT2D eigenvalue weighted by Gasteiger charge is -2.38. The standard InChI is InChI=1S/C16H25N3O2/c1-2-21-14-9-6-10-19(12-14)15(11-16(17)18-20)13-7-4-3-5-8-13/h3-5,7-8,14-15,20H,2,6,9-12H2,1H3,(H2,17,18). The van der Waals surface area contributed by atoms with Crippen LogP contribution in [0.3, 0.4) is 0 Å². The van der Waals surface area contributed by atoms with Crippen molar-refractivity contribution in [1.82, 2.24) is 4.90 Å². The van der Waals surface area contributed by atoms with Gasteiger partial charge in [-0.2, -0.15) is 0 Å². The third-order valence-corrected chi connectivity index (χ3v) is 3.97. The zero-order valence-corrected chi connectivity index (χ0v) is 12.6. The Bertz CT molecular complexity index is 448. The molecular weight excluding hydrogens is 266 g/mol. The summed E-state index contributed by atoms with van der Waals surface area (Å²) in [6.45, 7) is 4.69. The van der Waals surface area contributed by atoms with Crippen LogP contribution in [-0.2, 0) is 4.74 Å². The first-order valence-corrected chi connectivity index (χ1v) is 7.61. The van der Waals surface area contributed by atoms with E-state index in [1.807, 2.05) is 25.1 Å². The third kappa shape index (κ3) is 4.44. The van der Waals surface area contributed by atoms with E-state index in [4.69, 9.17) is 15.7 Å². The van der Waals surface area contributed by atoms with Crippen molar-refractivity contribution < 1.29 is 9.94 Å². The van der Waals surface area contributed by atoms with Gasteiger partial charge in [-0.1, -0.05) is 35.5 Å². The van der Waals surface area contributed by atoms with E-state index in [9.17, 15) is 0 Å². The molecule has 1 aliphatic heterocycles. The van der Waals surface area contributed by atoms with Gasteiger partial charge in [0.05, 0.1) is 6.10 Å². The van der Waals surface area contributed by atoms with Gasteiger partial charge in [-0.25, -0.2) is 0 Å². The van der Waals surface area contributed by atoms with Crippen LogP contribution in [0.2, 0.25) is 0 Å². The van der Waals surface area contributed by atoms with Gasteiger partial charge in [0.1, 0.15) is 5.84 Å². The number of hydrogen-bond donors (Lipinski definition) is 2. The van der Waals surface area contributed by atoms with E-state index in [-0.39, 0.29) is 18.0 Å². The molecule has 21 heavy (non-hydrogen) atoms. The Morgan fingerprint density at radius 1 is 1.48 bits per heavy atom. The number of benzene rings is 1. The smallest absolute Gasteiger partial charge is 0.141 e. The molecule has 1 heterocycles. The Hall–Kier alpha value is -1.59. The SMILES string of the molecule is CCOC1CCCN(C(CC(N)=NO)c2ccccc2)C1. The molecule has 0 spiro atoms. The van der Waals surface area contributed by atoms with E-state index in [0.29, 0.717) is 6.42 Å². The van der Waals surface area contributed by atoms with Crippen molar-refractivity contribution in [2.45, 2.75) is 38.3 Å². The second kappa shape index (κ2) is 8.00. The Balaban J connectivity index is 2.14. The lowest BCUT2D eigenvalue weighted by atomic mass is 9.97. The molecule has 2 atom stereocenters. The monoisotopic (exact) mass is 291 g/mol. The number of nitrogens with zero attached hydrogens (tertiary/aromatic N) is 2. The predicted octanol–water partition coefficient (Wildman–Crippen LogP) is 2.37. The summed E-state index contributed by atoms with van der Waals surface area (Å²) >= 11 is 0. The van der Waals surface area contributed by atoms with Crippen LogP contribution in [-0.4, -0.2) is 41.7 Å². The summed E-state index contributed by atoms with van der Waals surface area (Å²) in [6, 6.07) is 10.4. The molecule has 0 aromatic heterocycles. The van der Waals surface area contributed by atoms with Crippen molar-refractivity contribution in [2.24, 2.45) is 10.9 Å². The maximum Gasteiger partial charge on any atom is 0.141 e. The molecule has 0 amide bonds. The summed E-state index contributed by atoms with van der Waals surface area (Å²) in [5.74, 6) is 0.266. The Morgan fingerprint density at radius 2 is 2.24 bits per heavy atom. The summed E-state index contributed by atoms with van der Waals surface area (Å²) < 4.78 is 5.78. The molecule has 0 radical (unpaired) electrons. The fourth-order valence-corrected chi connectivity index (χ4v) is 2.99. The molecule has 1 fully saturated rings. The number of amidine groups is 1. The van der Waals surface area contributed by atoms with Crippen molar-refractivity contribution in [3.63, 3.8) is 0 Å². The number of piperidine rings is 1. The Morgan fingerprint density at radius 3 is 2.90 bits per heavy atom. The minimum Gasteiger partial charge on any atom is -0.409 e. The van der Waals surface area contributed by atoms with Crippen LogP contribution < -0.4 is 5.73 Å². The van der Waals surface area contributed by atoms with Gasteiger partial charge >= 0.3 is 0 Å². The molecule has 3 N–H and O–H groups in total. The zero-order chi connectivity index (χ0) is 15.1. The van der Waals surface area contributed by atoms with E-state index >= 15 is 0 Å². The fourth-order valence-electron chi connectivity index (χ4n) is 2.99. The topological polar surface area (TPSA) is 71.1 Å². The zero-order valence-electron chi connectivity index (χ0n) is 12.6. The highest BCUT2D eigenvalue weighted by atomic mass is 16.5. The van der Waals surface area contributed by atoms with Crippen molar-refractivity contribution in [3.8, 4) is 0 Å². The summed E-state index contributed by atoms with van der Waals surface area (Å²) in [5, 5.41) is 12.0. The van der Waals surface area contributed by atoms with Crippen LogP contribution in [0.4, 0.5) is 0 Å². The number of nitrogens with two attached hydrogens (primary N) is 1. The molecule has 1 aromatic rings. The van der Waals surface area contributed by atoms with Crippen LogP contribution in [0.5, 0.6) is 0 Å². The first-order chi connectivity index (χ1) is 10.2. The predicted molar refractivity (Wildman–Crippen MR) is 83.4 cm³/mol. The summed E-state index contributed by atoms with van der Waals surface area (Å²) in [6.07, 6.45) is 3.03. The van der Waals surface area contributed by atoms with Crippen molar-refractivity contribution in [1.29, 1.82) is 0 Å². The summed E-state index contributed by atoms with van der Waals surface area (Å²) in [7, 11) is 0. The second-order valence-corrected chi connectivity index (χ2v) is 5.44. The van der Waals surface area contributed by atoms with Gasteiger partial charge in [0.2, 0.25) is 0 Å². The normalized spacial score (nSPS) is 22.1. The van der Waals surface area contributed by atoms with Crippen LogP contribution in [0.1, 0.15) is 37.8 Å². The molecule has 5 heteroatoms. The number of likely N-dealkylation sites (tertiary alicyclic amines) is 1. The highest BCUT2D eigenvalue weighted by Gasteiger charge is 2.27. The Labute approximate surface area is 126 Å². The Kier molecular flexibility index (Phi) is 6.02. The molecule has 1 aromatic carbocycles. The van der Waals surface area contributed by atoms with Crippen LogP contribution >= 0.6 is 0 Å². The quantitative estimate of drug-likeness (QED) is 0.365. The van der Waals surface area contributed by atoms with Crippen LogP contribution in [0.15, 0.2) is 35.5 Å². The van der Waals surface area contributed by atoms with Crippen molar-refractivity contribution >= 4 is 5.84 Å². The lowest BCUT2D eigenvalue weighted by molar-refractivity contribution is -0.00697. The highest BCUT2D eigenvalue weighted by Crippen LogP contribution is 2.28. The molecule has 0 bridgehead atoms. The van der Waals surface area contributed by atoms with E-state index in [1.54, 1.807) is 0 Å². The molecule has 2 unspecified atom stereocenters. The van der Waals surface area contributed by atoms with Gasteiger partial charge in [-0.15, -0.1) is 0 Å². The molecule has 1 saturated heterocycles. The van der Waals surface area contributed by atoms with E-state index in [0.717, 1.165) is 32.5 Å². The van der Waals surface area contributed by atoms with Gasteiger partial charge in [0.25, 0.3) is 0 Å². The largest absolute Gasteiger partial charge is 0.409 e. The van der Waals surface area contributed by atoms with Crippen molar-refractivity contribution in [3.05, 3.63) is 35.9 Å². The third-order valence-electron chi connectivity index (χ3n) is 3.97. The van der Waals surface area contributed by atoms with Gasteiger partial charge in [-0.3, -0.25) is 4.90 Å². The van der Waals surface area contributed by atoms with Crippen LogP contribution in [0.25, 0.3) is 0 Å². The highest BCUT2D eigenvalue weighted by molar-refractivity contribution is 5.80. The average Bonchev–Trinajstić information content (AvgIpc) is 2.53. The number of rotatable bonds is 6. The number of oxime groups is 1. The maximum atomic E-state index is 8.88. The second-order valence-electron chi connectivity index (χ2n) is 5.44. The van der Waals surface area contributed by atoms with Gasteiger partial charge in [0.15, 0.2) is 0 Å². The number of ether oxygens (including phenoxy) is 1. The molecule has 1 aliphatic rings. The van der Waals surface area contributed by atoms with Crippen molar-refractivity contribution in [2.75, 3.05) is 19.7 Å². The molecule has 0 saturated carbocycles. The summed E-state index contributed by atoms with van der Waals surface area (Å²) in [4.78, 5) is 2.39. The molecule has 5 nitrogen and oxygen atoms in total. The maximum absolute atomic E-state index is 8.88. The molecule has 116 valence electrons. The summed E-state index contributed by atoms with van der Waals surface area (Å²) in [5.41, 5.74) is 6.95. The van der Waals surface area contributed by atoms with E-state index in [2.05, 4.69) is 22.2 Å². The number of hydrogen-bond acceptors (Lipinski definition) is 4. The van der Waals surface area contributed by atoms with E-state index < -0.39 is 0 Å². The first-order valence-electron chi connectivity index (χ1n) is 7.61. The van der Waals surface area contributed by atoms with Gasteiger partial charge < -0.3 is 15.7 Å². The fraction of sp³-hybridized carbons (Fsp3) is 0.562. The van der Waals surface area contributed by atoms with Gasteiger partial charge in [0, 0.05) is 25.6 Å². The first kappa shape index (κ1) is 15.8.